The molecule has 0 unspecified atom stereocenters. The maximum absolute atomic E-state index is 5.51. The fraction of sp³-hybridized carbons (Fsp3) is 1.00. The fourth-order valence-electron chi connectivity index (χ4n) is 0.659. The molecule has 0 aromatic rings. The highest BCUT2D eigenvalue weighted by Crippen LogP contribution is 2.61. The predicted molar refractivity (Wildman–Crippen MR) is 72.7 cm³/mol. The van der Waals surface area contributed by atoms with Crippen LogP contribution in [0.25, 0.3) is 0 Å². The van der Waals surface area contributed by atoms with Gasteiger partial charge in [0.15, 0.2) is 0 Å². The van der Waals surface area contributed by atoms with Gasteiger partial charge in [0.1, 0.15) is 0 Å². The zero-order chi connectivity index (χ0) is 11.0. The molecule has 0 fully saturated rings. The molecule has 0 radical (unpaired) electrons. The summed E-state index contributed by atoms with van der Waals surface area (Å²) in [6, 6.07) is 0. The van der Waals surface area contributed by atoms with Gasteiger partial charge < -0.3 is 9.05 Å². The topological polar surface area (TPSA) is 18.5 Å². The van der Waals surface area contributed by atoms with Gasteiger partial charge >= 0.3 is 0 Å². The summed E-state index contributed by atoms with van der Waals surface area (Å²) in [5.41, 5.74) is -2.05. The predicted octanol–water partition coefficient (Wildman–Crippen LogP) is 4.12. The van der Waals surface area contributed by atoms with Crippen LogP contribution < -0.4 is 0 Å². The summed E-state index contributed by atoms with van der Waals surface area (Å²) < 4.78 is 11.0. The third-order valence-electron chi connectivity index (χ3n) is 1.19. The van der Waals surface area contributed by atoms with E-state index < -0.39 is 5.69 Å². The second-order valence-electron chi connectivity index (χ2n) is 2.75. The van der Waals surface area contributed by atoms with Gasteiger partial charge in [-0.05, 0) is 30.9 Å². The minimum absolute atomic E-state index is 0.634. The molecule has 0 heterocycles. The normalized spacial score (nSPS) is 12.4. The molecule has 0 aromatic heterocycles. The first-order valence-corrected chi connectivity index (χ1v) is 9.97. The second-order valence-corrected chi connectivity index (χ2v) is 11.0. The van der Waals surface area contributed by atoms with Crippen LogP contribution in [-0.2, 0) is 20.9 Å². The highest BCUT2D eigenvalue weighted by Gasteiger charge is 2.18. The van der Waals surface area contributed by atoms with Crippen LogP contribution in [0.1, 0.15) is 27.7 Å². The van der Waals surface area contributed by atoms with Crippen molar-refractivity contribution in [2.75, 3.05) is 18.3 Å². The van der Waals surface area contributed by atoms with E-state index >= 15 is 0 Å². The van der Waals surface area contributed by atoms with Crippen molar-refractivity contribution in [2.24, 2.45) is 0 Å². The maximum atomic E-state index is 5.51. The van der Waals surface area contributed by atoms with E-state index in [0.29, 0.717) is 18.5 Å². The summed E-state index contributed by atoms with van der Waals surface area (Å²) in [5.74, 6) is 0. The average molecular weight is 274 g/mol. The molecule has 0 spiro atoms. The van der Waals surface area contributed by atoms with Gasteiger partial charge in [0.25, 0.3) is 0 Å². The van der Waals surface area contributed by atoms with E-state index in [1.807, 2.05) is 25.6 Å². The van der Waals surface area contributed by atoms with Crippen LogP contribution in [0.3, 0.4) is 0 Å². The Morgan fingerprint density at radius 1 is 1.21 bits per heavy atom. The van der Waals surface area contributed by atoms with E-state index in [0.717, 1.165) is 5.08 Å². The summed E-state index contributed by atoms with van der Waals surface area (Å²) in [7, 11) is 0. The largest absolute Gasteiger partial charge is 0.322 e. The van der Waals surface area contributed by atoms with Gasteiger partial charge in [0, 0.05) is 5.08 Å². The minimum Gasteiger partial charge on any atom is -0.322 e. The third kappa shape index (κ3) is 7.55. The molecule has 6 heteroatoms. The van der Waals surface area contributed by atoms with Gasteiger partial charge in [-0.1, -0.05) is 25.2 Å². The first-order chi connectivity index (χ1) is 6.54. The Balaban J connectivity index is 3.90. The molecular weight excluding hydrogens is 255 g/mol. The summed E-state index contributed by atoms with van der Waals surface area (Å²) in [5, 5.41) is 1.59. The van der Waals surface area contributed by atoms with Crippen LogP contribution >= 0.6 is 28.8 Å². The Labute approximate surface area is 101 Å². The summed E-state index contributed by atoms with van der Waals surface area (Å²) in [6.07, 6.45) is 0. The molecular formula is C8H19O2PS3. The molecule has 0 atom stereocenters. The molecule has 86 valence electrons. The van der Waals surface area contributed by atoms with Gasteiger partial charge in [0.2, 0.25) is 5.69 Å². The maximum Gasteiger partial charge on any atom is 0.248 e. The molecule has 14 heavy (non-hydrogen) atoms. The molecule has 0 amide bonds. The molecule has 0 saturated heterocycles. The third-order valence-corrected chi connectivity index (χ3v) is 8.40. The van der Waals surface area contributed by atoms with Crippen LogP contribution in [0.2, 0.25) is 0 Å². The lowest BCUT2D eigenvalue weighted by molar-refractivity contribution is 0.280. The van der Waals surface area contributed by atoms with E-state index in [2.05, 4.69) is 13.8 Å². The smallest absolute Gasteiger partial charge is 0.248 e. The number of hydrogen-bond donors (Lipinski definition) is 0. The number of rotatable bonds is 8. The SMILES string of the molecule is CCOP(=S)(OCC)SCSC(C)C. The van der Waals surface area contributed by atoms with E-state index in [1.165, 1.54) is 0 Å². The molecule has 0 N–H and O–H groups in total. The van der Waals surface area contributed by atoms with Crippen LogP contribution in [0, 0.1) is 0 Å². The van der Waals surface area contributed by atoms with E-state index in [1.54, 1.807) is 11.4 Å². The molecule has 0 rings (SSSR count). The molecule has 2 nitrogen and oxygen atoms in total. The Hall–Kier alpha value is 1.27. The van der Waals surface area contributed by atoms with Crippen molar-refractivity contribution < 1.29 is 9.05 Å². The molecule has 0 aliphatic heterocycles. The Morgan fingerprint density at radius 2 is 1.71 bits per heavy atom. The molecule has 0 aromatic carbocycles. The fourth-order valence-corrected chi connectivity index (χ4v) is 7.95. The lowest BCUT2D eigenvalue weighted by Gasteiger charge is -2.19. The first-order valence-electron chi connectivity index (χ1n) is 4.69. The molecule has 0 aliphatic rings. The lowest BCUT2D eigenvalue weighted by atomic mass is 10.6. The van der Waals surface area contributed by atoms with Crippen molar-refractivity contribution in [1.29, 1.82) is 0 Å². The molecule has 0 bridgehead atoms. The van der Waals surface area contributed by atoms with Crippen LogP contribution in [-0.4, -0.2) is 23.5 Å². The van der Waals surface area contributed by atoms with E-state index in [9.17, 15) is 0 Å². The highest BCUT2D eigenvalue weighted by atomic mass is 32.9. The molecule has 0 saturated carbocycles. The van der Waals surface area contributed by atoms with Gasteiger partial charge in [-0.15, -0.1) is 11.8 Å². The Kier molecular flexibility index (Phi) is 9.19. The zero-order valence-corrected chi connectivity index (χ0v) is 12.5. The monoisotopic (exact) mass is 274 g/mol. The van der Waals surface area contributed by atoms with Crippen molar-refractivity contribution in [3.8, 4) is 0 Å². The zero-order valence-electron chi connectivity index (χ0n) is 9.19. The van der Waals surface area contributed by atoms with Gasteiger partial charge in [-0.25, -0.2) is 0 Å². The van der Waals surface area contributed by atoms with Crippen LogP contribution in [0.4, 0.5) is 0 Å². The van der Waals surface area contributed by atoms with Crippen LogP contribution in [0.15, 0.2) is 0 Å². The van der Waals surface area contributed by atoms with E-state index in [4.69, 9.17) is 20.9 Å². The second kappa shape index (κ2) is 8.43. The van der Waals surface area contributed by atoms with Crippen molar-refractivity contribution in [2.45, 2.75) is 32.9 Å². The van der Waals surface area contributed by atoms with Crippen molar-refractivity contribution >= 4 is 40.6 Å². The minimum atomic E-state index is -2.05. The highest BCUT2D eigenvalue weighted by molar-refractivity contribution is 8.69. The van der Waals surface area contributed by atoms with Gasteiger partial charge in [-0.3, -0.25) is 0 Å². The summed E-state index contributed by atoms with van der Waals surface area (Å²) >= 11 is 8.89. The quantitative estimate of drug-likeness (QED) is 0.488. The van der Waals surface area contributed by atoms with Crippen molar-refractivity contribution in [3.05, 3.63) is 0 Å². The van der Waals surface area contributed by atoms with Gasteiger partial charge in [0.05, 0.1) is 13.2 Å². The Morgan fingerprint density at radius 3 is 2.07 bits per heavy atom. The summed E-state index contributed by atoms with van der Waals surface area (Å²) in [6.45, 7) is 9.53. The first kappa shape index (κ1) is 15.3. The average Bonchev–Trinajstić information content (AvgIpc) is 2.03. The number of thioether (sulfide) groups is 1. The summed E-state index contributed by atoms with van der Waals surface area (Å²) in [4.78, 5) is 0. The van der Waals surface area contributed by atoms with Gasteiger partial charge in [-0.2, -0.15) is 0 Å². The number of hydrogen-bond acceptors (Lipinski definition) is 5. The lowest BCUT2D eigenvalue weighted by Crippen LogP contribution is -1.93. The molecule has 0 aliphatic carbocycles. The standard InChI is InChI=1S/C8H19O2PS3/c1-5-9-11(12,10-6-2)14-7-13-8(3)4/h8H,5-7H2,1-4H3. The van der Waals surface area contributed by atoms with Crippen molar-refractivity contribution in [1.82, 2.24) is 0 Å². The Bertz CT molecular complexity index is 177. The van der Waals surface area contributed by atoms with Crippen LogP contribution in [0.5, 0.6) is 0 Å². The van der Waals surface area contributed by atoms with E-state index in [-0.39, 0.29) is 0 Å². The van der Waals surface area contributed by atoms with Crippen molar-refractivity contribution in [3.63, 3.8) is 0 Å².